The molecular formula is C14H21NO4S. The summed E-state index contributed by atoms with van der Waals surface area (Å²) in [4.78, 5) is 23.4. The number of carbonyl (C=O) groups excluding carboxylic acids is 1. The second kappa shape index (κ2) is 5.00. The monoisotopic (exact) mass is 299 g/mol. The molecule has 0 aliphatic heterocycles. The van der Waals surface area contributed by atoms with Crippen LogP contribution in [0.4, 0.5) is 0 Å². The molecule has 0 aromatic carbocycles. The fraction of sp³-hybridized carbons (Fsp3) is 0.714. The summed E-state index contributed by atoms with van der Waals surface area (Å²) in [5.41, 5.74) is 0.283. The number of hydrogen-bond donors (Lipinski definition) is 0. The summed E-state index contributed by atoms with van der Waals surface area (Å²) in [6.45, 7) is 7.86. The molecule has 1 aliphatic carbocycles. The molecule has 5 nitrogen and oxygen atoms in total. The van der Waals surface area contributed by atoms with Crippen molar-refractivity contribution in [2.24, 2.45) is 5.41 Å². The molecule has 0 bridgehead atoms. The average Bonchev–Trinajstić information content (AvgIpc) is 2.69. The maximum Gasteiger partial charge on any atom is 0.326 e. The highest BCUT2D eigenvalue weighted by atomic mass is 32.1. The molecule has 0 unspecified atom stereocenters. The number of aromatic nitrogens is 1. The van der Waals surface area contributed by atoms with E-state index in [9.17, 15) is 9.59 Å². The number of methoxy groups -OCH3 is 1. The first-order valence-corrected chi connectivity index (χ1v) is 7.49. The normalized spacial score (nSPS) is 27.9. The molecular weight excluding hydrogens is 278 g/mol. The Morgan fingerprint density at radius 2 is 2.15 bits per heavy atom. The fourth-order valence-electron chi connectivity index (χ4n) is 2.54. The Hall–Kier alpha value is -1.14. The van der Waals surface area contributed by atoms with Gasteiger partial charge in [-0.15, -0.1) is 0 Å². The van der Waals surface area contributed by atoms with Crippen molar-refractivity contribution in [3.05, 3.63) is 20.7 Å². The van der Waals surface area contributed by atoms with Gasteiger partial charge < -0.3 is 9.47 Å². The molecule has 1 heterocycles. The van der Waals surface area contributed by atoms with Crippen LogP contribution < -0.4 is 4.87 Å². The van der Waals surface area contributed by atoms with Crippen molar-refractivity contribution in [3.63, 3.8) is 0 Å². The predicted molar refractivity (Wildman–Crippen MR) is 77.0 cm³/mol. The van der Waals surface area contributed by atoms with Gasteiger partial charge in [0.25, 0.3) is 0 Å². The molecule has 0 radical (unpaired) electrons. The van der Waals surface area contributed by atoms with Gasteiger partial charge in [-0.1, -0.05) is 25.2 Å². The van der Waals surface area contributed by atoms with Crippen molar-refractivity contribution in [1.82, 2.24) is 4.57 Å². The standard InChI is InChI=1S/C14H21NO4S/c1-9-8-20-12(17)15(9)7-11(16)19-10-6-14(4,18-5)13(10,2)3/h8,10H,6-7H2,1-5H3/t10-,14+/m1/s1. The molecule has 0 N–H and O–H groups in total. The summed E-state index contributed by atoms with van der Waals surface area (Å²) in [7, 11) is 1.67. The SMILES string of the molecule is CO[C@@]1(C)C[C@@H](OC(=O)Cn2c(C)csc2=O)C1(C)C. The van der Waals surface area contributed by atoms with E-state index < -0.39 is 0 Å². The van der Waals surface area contributed by atoms with Crippen molar-refractivity contribution in [3.8, 4) is 0 Å². The Morgan fingerprint density at radius 3 is 2.60 bits per heavy atom. The lowest BCUT2D eigenvalue weighted by molar-refractivity contribution is -0.242. The zero-order chi connectivity index (χ0) is 15.1. The van der Waals surface area contributed by atoms with E-state index in [0.29, 0.717) is 6.42 Å². The molecule has 20 heavy (non-hydrogen) atoms. The topological polar surface area (TPSA) is 57.5 Å². The lowest BCUT2D eigenvalue weighted by atomic mass is 9.57. The van der Waals surface area contributed by atoms with Crippen molar-refractivity contribution in [2.45, 2.75) is 52.4 Å². The highest BCUT2D eigenvalue weighted by molar-refractivity contribution is 7.07. The lowest BCUT2D eigenvalue weighted by Gasteiger charge is -2.57. The van der Waals surface area contributed by atoms with Crippen LogP contribution in [-0.4, -0.2) is 29.4 Å². The van der Waals surface area contributed by atoms with Crippen LogP contribution in [0.3, 0.4) is 0 Å². The van der Waals surface area contributed by atoms with E-state index in [1.807, 2.05) is 20.8 Å². The van der Waals surface area contributed by atoms with Crippen LogP contribution in [0.2, 0.25) is 0 Å². The van der Waals surface area contributed by atoms with Crippen LogP contribution in [-0.2, 0) is 20.8 Å². The van der Waals surface area contributed by atoms with E-state index in [0.717, 1.165) is 17.0 Å². The van der Waals surface area contributed by atoms with E-state index in [1.165, 1.54) is 4.57 Å². The van der Waals surface area contributed by atoms with E-state index in [1.54, 1.807) is 19.4 Å². The minimum Gasteiger partial charge on any atom is -0.460 e. The Kier molecular flexibility index (Phi) is 3.81. The smallest absolute Gasteiger partial charge is 0.326 e. The zero-order valence-electron chi connectivity index (χ0n) is 12.6. The summed E-state index contributed by atoms with van der Waals surface area (Å²) < 4.78 is 12.4. The van der Waals surface area contributed by atoms with Gasteiger partial charge in [0.1, 0.15) is 12.6 Å². The van der Waals surface area contributed by atoms with Gasteiger partial charge in [0.2, 0.25) is 0 Å². The van der Waals surface area contributed by atoms with Gasteiger partial charge in [-0.3, -0.25) is 14.2 Å². The average molecular weight is 299 g/mol. The summed E-state index contributed by atoms with van der Waals surface area (Å²) in [5.74, 6) is -0.371. The highest BCUT2D eigenvalue weighted by Gasteiger charge is 2.59. The van der Waals surface area contributed by atoms with Crippen LogP contribution >= 0.6 is 11.3 Å². The predicted octanol–water partition coefficient (Wildman–Crippen LogP) is 1.97. The van der Waals surface area contributed by atoms with Crippen LogP contribution in [0.15, 0.2) is 10.2 Å². The second-order valence-electron chi connectivity index (χ2n) is 6.07. The Morgan fingerprint density at radius 1 is 1.50 bits per heavy atom. The van der Waals surface area contributed by atoms with Gasteiger partial charge in [-0.2, -0.15) is 0 Å². The lowest BCUT2D eigenvalue weighted by Crippen LogP contribution is -2.64. The van der Waals surface area contributed by atoms with Gasteiger partial charge in [-0.05, 0) is 13.8 Å². The first kappa shape index (κ1) is 15.3. The number of thiazole rings is 1. The van der Waals surface area contributed by atoms with Gasteiger partial charge in [0.05, 0.1) is 5.60 Å². The fourth-order valence-corrected chi connectivity index (χ4v) is 3.27. The van der Waals surface area contributed by atoms with E-state index in [4.69, 9.17) is 9.47 Å². The molecule has 6 heteroatoms. The van der Waals surface area contributed by atoms with E-state index in [-0.39, 0.29) is 34.5 Å². The first-order valence-electron chi connectivity index (χ1n) is 6.61. The van der Waals surface area contributed by atoms with Gasteiger partial charge in [0, 0.05) is 30.0 Å². The number of esters is 1. The van der Waals surface area contributed by atoms with Crippen molar-refractivity contribution in [1.29, 1.82) is 0 Å². The summed E-state index contributed by atoms with van der Waals surface area (Å²) in [6.07, 6.45) is 0.509. The first-order chi connectivity index (χ1) is 9.21. The molecule has 1 aliphatic rings. The van der Waals surface area contributed by atoms with Gasteiger partial charge in [-0.25, -0.2) is 0 Å². The second-order valence-corrected chi connectivity index (χ2v) is 6.89. The number of nitrogens with zero attached hydrogens (tertiary/aromatic N) is 1. The number of aryl methyl sites for hydroxylation is 1. The van der Waals surface area contributed by atoms with Crippen molar-refractivity contribution < 1.29 is 14.3 Å². The molecule has 2 rings (SSSR count). The van der Waals surface area contributed by atoms with Gasteiger partial charge in [0.15, 0.2) is 0 Å². The molecule has 1 fully saturated rings. The maximum absolute atomic E-state index is 12.0. The molecule has 0 saturated heterocycles. The zero-order valence-corrected chi connectivity index (χ0v) is 13.4. The Balaban J connectivity index is 1.99. The quantitative estimate of drug-likeness (QED) is 0.798. The summed E-state index contributed by atoms with van der Waals surface area (Å²) in [5, 5.41) is 1.74. The summed E-state index contributed by atoms with van der Waals surface area (Å²) in [6, 6.07) is 0. The number of hydrogen-bond acceptors (Lipinski definition) is 5. The van der Waals surface area contributed by atoms with E-state index >= 15 is 0 Å². The molecule has 1 aromatic rings. The molecule has 112 valence electrons. The van der Waals surface area contributed by atoms with Crippen LogP contribution in [0.5, 0.6) is 0 Å². The highest BCUT2D eigenvalue weighted by Crippen LogP contribution is 2.53. The summed E-state index contributed by atoms with van der Waals surface area (Å²) >= 11 is 1.09. The Bertz CT molecular complexity index is 574. The van der Waals surface area contributed by atoms with Crippen LogP contribution in [0, 0.1) is 12.3 Å². The molecule has 1 aromatic heterocycles. The van der Waals surface area contributed by atoms with Crippen molar-refractivity contribution >= 4 is 17.3 Å². The minimum atomic E-state index is -0.371. The van der Waals surface area contributed by atoms with Crippen LogP contribution in [0.1, 0.15) is 32.9 Å². The van der Waals surface area contributed by atoms with Gasteiger partial charge >= 0.3 is 10.8 Å². The number of rotatable bonds is 4. The third-order valence-corrected chi connectivity index (χ3v) is 5.61. The largest absolute Gasteiger partial charge is 0.460 e. The van der Waals surface area contributed by atoms with Crippen molar-refractivity contribution in [2.75, 3.05) is 7.11 Å². The molecule has 2 atom stereocenters. The van der Waals surface area contributed by atoms with Crippen LogP contribution in [0.25, 0.3) is 0 Å². The molecule has 1 saturated carbocycles. The number of carbonyl (C=O) groups is 1. The number of ether oxygens (including phenoxy) is 2. The molecule has 0 spiro atoms. The third kappa shape index (κ3) is 2.31. The third-order valence-electron chi connectivity index (χ3n) is 4.73. The van der Waals surface area contributed by atoms with E-state index in [2.05, 4.69) is 0 Å². The maximum atomic E-state index is 12.0. The molecule has 0 amide bonds. The Labute approximate surface area is 122 Å². The minimum absolute atomic E-state index is 0.0234.